The minimum Gasteiger partial charge on any atom is -0.410 e. The van der Waals surface area contributed by atoms with Gasteiger partial charge in [-0.1, -0.05) is 53.5 Å². The van der Waals surface area contributed by atoms with Gasteiger partial charge in [0.2, 0.25) is 10.0 Å². The van der Waals surface area contributed by atoms with Gasteiger partial charge >= 0.3 is 0 Å². The normalized spacial score (nSPS) is 19.9. The lowest BCUT2D eigenvalue weighted by Gasteiger charge is -2.24. The Kier molecular flexibility index (Phi) is 5.92. The van der Waals surface area contributed by atoms with Crippen LogP contribution in [0.3, 0.4) is 0 Å². The lowest BCUT2D eigenvalue weighted by atomic mass is 9.83. The first-order chi connectivity index (χ1) is 14.6. The molecule has 1 saturated heterocycles. The fraction of sp³-hybridized carbons (Fsp3) is 0.333. The van der Waals surface area contributed by atoms with Crippen molar-refractivity contribution in [2.24, 2.45) is 10.3 Å². The van der Waals surface area contributed by atoms with Crippen LogP contribution in [0.25, 0.3) is 0 Å². The van der Waals surface area contributed by atoms with Gasteiger partial charge in [-0.3, -0.25) is 0 Å². The van der Waals surface area contributed by atoms with Crippen molar-refractivity contribution in [1.82, 2.24) is 4.31 Å². The van der Waals surface area contributed by atoms with Crippen LogP contribution in [0, 0.1) is 0 Å². The number of hydrogen-bond donors (Lipinski definition) is 1. The molecule has 0 aromatic heterocycles. The molecule has 0 amide bonds. The average Bonchev–Trinajstić information content (AvgIpc) is 3.06. The number of benzene rings is 2. The summed E-state index contributed by atoms with van der Waals surface area (Å²) in [4.78, 5) is 5.55. The number of oxime groups is 2. The maximum atomic E-state index is 13.3. The summed E-state index contributed by atoms with van der Waals surface area (Å²) in [5.74, 6) is 0. The molecule has 0 saturated carbocycles. The first-order valence-electron chi connectivity index (χ1n) is 10.2. The molecule has 0 bridgehead atoms. The quantitative estimate of drug-likeness (QED) is 0.394. The SMILES string of the molecule is BCO/N=C1\c2ccccc2/C(=N/O)c2ccc(S(=O)(=O)N3CCCCCC3)cc21. The van der Waals surface area contributed by atoms with Crippen LogP contribution < -0.4 is 0 Å². The van der Waals surface area contributed by atoms with Gasteiger partial charge in [0, 0.05) is 35.3 Å². The van der Waals surface area contributed by atoms with E-state index in [2.05, 4.69) is 10.3 Å². The highest BCUT2D eigenvalue weighted by molar-refractivity contribution is 7.89. The molecule has 0 radical (unpaired) electrons. The van der Waals surface area contributed by atoms with Crippen molar-refractivity contribution in [2.75, 3.05) is 19.6 Å². The van der Waals surface area contributed by atoms with E-state index in [-0.39, 0.29) is 4.90 Å². The average molecular weight is 425 g/mol. The molecule has 4 rings (SSSR count). The molecule has 1 aliphatic carbocycles. The summed E-state index contributed by atoms with van der Waals surface area (Å²) in [5, 5.41) is 17.5. The Hall–Kier alpha value is -2.65. The molecule has 0 atom stereocenters. The van der Waals surface area contributed by atoms with Crippen LogP contribution in [0.4, 0.5) is 0 Å². The van der Waals surface area contributed by atoms with Crippen LogP contribution in [0.15, 0.2) is 57.7 Å². The highest BCUT2D eigenvalue weighted by Gasteiger charge is 2.31. The summed E-state index contributed by atoms with van der Waals surface area (Å²) >= 11 is 0. The van der Waals surface area contributed by atoms with E-state index >= 15 is 0 Å². The number of sulfonamides is 1. The topological polar surface area (TPSA) is 91.6 Å². The molecular formula is C21H24BN3O4S. The standard InChI is InChI=1S/C21H24BN3O4S/c22-14-29-24-21-17-8-4-3-7-16(17)20(23-26)18-10-9-15(13-19(18)21)30(27,28)25-11-5-1-2-6-12-25/h3-4,7-10,13,26H,1-2,5-6,11-12,14,22H2/b23-20-,24-21+. The van der Waals surface area contributed by atoms with E-state index in [9.17, 15) is 13.6 Å². The fourth-order valence-electron chi connectivity index (χ4n) is 4.04. The molecule has 2 aromatic carbocycles. The van der Waals surface area contributed by atoms with Crippen LogP contribution in [-0.2, 0) is 14.9 Å². The molecule has 9 heteroatoms. The van der Waals surface area contributed by atoms with E-state index in [1.807, 2.05) is 32.1 Å². The predicted octanol–water partition coefficient (Wildman–Crippen LogP) is 2.15. The maximum absolute atomic E-state index is 13.3. The van der Waals surface area contributed by atoms with Crippen LogP contribution in [0.2, 0.25) is 0 Å². The van der Waals surface area contributed by atoms with E-state index < -0.39 is 10.0 Å². The van der Waals surface area contributed by atoms with E-state index in [4.69, 9.17) is 4.84 Å². The van der Waals surface area contributed by atoms with Crippen LogP contribution in [0.5, 0.6) is 0 Å². The zero-order valence-electron chi connectivity index (χ0n) is 16.9. The van der Waals surface area contributed by atoms with Gasteiger partial charge in [-0.15, -0.1) is 0 Å². The Balaban J connectivity index is 1.86. The first-order valence-corrected chi connectivity index (χ1v) is 11.7. The Morgan fingerprint density at radius 2 is 1.57 bits per heavy atom. The van der Waals surface area contributed by atoms with Crippen molar-refractivity contribution in [3.05, 3.63) is 64.7 Å². The van der Waals surface area contributed by atoms with Crippen LogP contribution in [-0.4, -0.2) is 56.8 Å². The molecule has 0 spiro atoms. The summed E-state index contributed by atoms with van der Waals surface area (Å²) in [6.45, 7) is 1.45. The number of rotatable bonds is 4. The highest BCUT2D eigenvalue weighted by atomic mass is 32.2. The molecule has 2 aromatic rings. The zero-order chi connectivity index (χ0) is 21.1. The van der Waals surface area contributed by atoms with E-state index in [1.165, 1.54) is 0 Å². The van der Waals surface area contributed by atoms with Crippen molar-refractivity contribution < 1.29 is 18.5 Å². The molecule has 2 aliphatic rings. The molecule has 1 N–H and O–H groups in total. The third kappa shape index (κ3) is 3.63. The predicted molar refractivity (Wildman–Crippen MR) is 118 cm³/mol. The third-order valence-corrected chi connectivity index (χ3v) is 7.42. The number of hydrogen-bond acceptors (Lipinski definition) is 6. The van der Waals surface area contributed by atoms with Gasteiger partial charge in [0.25, 0.3) is 0 Å². The Bertz CT molecular complexity index is 1110. The summed E-state index contributed by atoms with van der Waals surface area (Å²) in [6, 6.07) is 12.3. The molecule has 30 heavy (non-hydrogen) atoms. The second-order valence-electron chi connectivity index (χ2n) is 7.38. The minimum absolute atomic E-state index is 0.212. The zero-order valence-corrected chi connectivity index (χ0v) is 17.7. The summed E-state index contributed by atoms with van der Waals surface area (Å²) in [7, 11) is -1.80. The molecule has 1 fully saturated rings. The second-order valence-corrected chi connectivity index (χ2v) is 9.32. The molecule has 1 aliphatic heterocycles. The van der Waals surface area contributed by atoms with Gasteiger partial charge in [0.05, 0.1) is 11.4 Å². The van der Waals surface area contributed by atoms with Gasteiger partial charge in [0.15, 0.2) is 7.85 Å². The Morgan fingerprint density at radius 1 is 0.933 bits per heavy atom. The highest BCUT2D eigenvalue weighted by Crippen LogP contribution is 2.31. The molecule has 156 valence electrons. The maximum Gasteiger partial charge on any atom is 0.243 e. The Labute approximate surface area is 177 Å². The molecular weight excluding hydrogens is 401 g/mol. The minimum atomic E-state index is -3.63. The third-order valence-electron chi connectivity index (χ3n) is 5.53. The molecule has 0 unspecified atom stereocenters. The summed E-state index contributed by atoms with van der Waals surface area (Å²) in [5.41, 5.74) is 3.55. The van der Waals surface area contributed by atoms with Gasteiger partial charge in [-0.2, -0.15) is 4.31 Å². The summed E-state index contributed by atoms with van der Waals surface area (Å²) in [6.07, 6.45) is 3.84. The fourth-order valence-corrected chi connectivity index (χ4v) is 5.58. The van der Waals surface area contributed by atoms with Gasteiger partial charge in [-0.05, 0) is 25.0 Å². The van der Waals surface area contributed by atoms with E-state index in [0.29, 0.717) is 47.7 Å². The number of nitrogens with zero attached hydrogens (tertiary/aromatic N) is 3. The lowest BCUT2D eigenvalue weighted by Crippen LogP contribution is -2.32. The van der Waals surface area contributed by atoms with Gasteiger partial charge in [0.1, 0.15) is 11.4 Å². The van der Waals surface area contributed by atoms with E-state index in [1.54, 1.807) is 22.5 Å². The van der Waals surface area contributed by atoms with Gasteiger partial charge in [-0.25, -0.2) is 8.42 Å². The largest absolute Gasteiger partial charge is 0.410 e. The Morgan fingerprint density at radius 3 is 2.20 bits per heavy atom. The van der Waals surface area contributed by atoms with Crippen LogP contribution in [0.1, 0.15) is 47.9 Å². The molecule has 7 nitrogen and oxygen atoms in total. The van der Waals surface area contributed by atoms with Crippen molar-refractivity contribution in [3.8, 4) is 0 Å². The summed E-state index contributed by atoms with van der Waals surface area (Å²) < 4.78 is 28.2. The van der Waals surface area contributed by atoms with Crippen molar-refractivity contribution in [1.29, 1.82) is 0 Å². The smallest absolute Gasteiger partial charge is 0.243 e. The van der Waals surface area contributed by atoms with Crippen molar-refractivity contribution >= 4 is 29.3 Å². The first kappa shape index (κ1) is 20.6. The van der Waals surface area contributed by atoms with E-state index in [0.717, 1.165) is 31.2 Å². The van der Waals surface area contributed by atoms with Crippen LogP contribution >= 0.6 is 0 Å². The van der Waals surface area contributed by atoms with Gasteiger partial charge < -0.3 is 10.0 Å². The molecule has 1 heterocycles. The number of fused-ring (bicyclic) bond motifs is 2. The second kappa shape index (κ2) is 8.61. The van der Waals surface area contributed by atoms with Crippen molar-refractivity contribution in [3.63, 3.8) is 0 Å². The van der Waals surface area contributed by atoms with Crippen molar-refractivity contribution in [2.45, 2.75) is 30.6 Å². The monoisotopic (exact) mass is 425 g/mol. The lowest BCUT2D eigenvalue weighted by molar-refractivity contribution is 0.192.